The molecule has 0 aliphatic heterocycles. The molecule has 0 heterocycles. The van der Waals surface area contributed by atoms with Crippen molar-refractivity contribution in [2.75, 3.05) is 19.7 Å². The summed E-state index contributed by atoms with van der Waals surface area (Å²) in [5.74, 6) is -1.58. The summed E-state index contributed by atoms with van der Waals surface area (Å²) in [6, 6.07) is 0. The summed E-state index contributed by atoms with van der Waals surface area (Å²) in [6.07, 6.45) is 1.73. The molecule has 0 spiro atoms. The van der Waals surface area contributed by atoms with Crippen LogP contribution >= 0.6 is 0 Å². The highest BCUT2D eigenvalue weighted by atomic mass is 16.4. The first-order chi connectivity index (χ1) is 7.37. The number of carboxylic acid groups (broad SMARTS) is 1. The van der Waals surface area contributed by atoms with Crippen LogP contribution in [0.2, 0.25) is 0 Å². The van der Waals surface area contributed by atoms with Crippen LogP contribution in [0.25, 0.3) is 0 Å². The zero-order valence-electron chi connectivity index (χ0n) is 10.2. The first-order valence-corrected chi connectivity index (χ1v) is 5.51. The Balaban J connectivity index is 4.65. The fraction of sp³-hybridized carbons (Fsp3) is 0.818. The quantitative estimate of drug-likeness (QED) is 0.633. The Hall–Kier alpha value is -1.10. The van der Waals surface area contributed by atoms with Crippen molar-refractivity contribution in [3.05, 3.63) is 0 Å². The molecule has 0 unspecified atom stereocenters. The lowest BCUT2D eigenvalue weighted by atomic mass is 9.91. The first kappa shape index (κ1) is 14.9. The van der Waals surface area contributed by atoms with Crippen LogP contribution in [0, 0.1) is 5.41 Å². The van der Waals surface area contributed by atoms with Crippen molar-refractivity contribution in [2.45, 2.75) is 33.6 Å². The summed E-state index contributed by atoms with van der Waals surface area (Å²) in [4.78, 5) is 24.3. The van der Waals surface area contributed by atoms with Crippen LogP contribution in [0.4, 0.5) is 0 Å². The molecule has 0 radical (unpaired) electrons. The van der Waals surface area contributed by atoms with Crippen molar-refractivity contribution in [2.24, 2.45) is 5.41 Å². The van der Waals surface area contributed by atoms with Gasteiger partial charge < -0.3 is 15.1 Å². The third-order valence-electron chi connectivity index (χ3n) is 2.51. The number of hydrogen-bond acceptors (Lipinski definition) is 3. The molecule has 0 bridgehead atoms. The normalized spacial score (nSPS) is 11.2. The van der Waals surface area contributed by atoms with Gasteiger partial charge in [0, 0.05) is 13.1 Å². The Bertz CT molecular complexity index is 250. The fourth-order valence-corrected chi connectivity index (χ4v) is 1.27. The average Bonchev–Trinajstić information content (AvgIpc) is 2.22. The molecule has 1 amide bonds. The average molecular weight is 231 g/mol. The lowest BCUT2D eigenvalue weighted by molar-refractivity contribution is -0.158. The predicted molar refractivity (Wildman–Crippen MR) is 60.0 cm³/mol. The summed E-state index contributed by atoms with van der Waals surface area (Å²) in [6.45, 7) is 5.29. The molecule has 16 heavy (non-hydrogen) atoms. The van der Waals surface area contributed by atoms with Crippen molar-refractivity contribution in [1.29, 1.82) is 0 Å². The van der Waals surface area contributed by atoms with Gasteiger partial charge in [-0.25, -0.2) is 0 Å². The molecule has 0 aromatic carbocycles. The number of rotatable bonds is 7. The van der Waals surface area contributed by atoms with E-state index in [2.05, 4.69) is 0 Å². The van der Waals surface area contributed by atoms with Crippen molar-refractivity contribution in [3.63, 3.8) is 0 Å². The molecule has 94 valence electrons. The molecule has 0 atom stereocenters. The number of aliphatic hydroxyl groups excluding tert-OH is 1. The van der Waals surface area contributed by atoms with Gasteiger partial charge in [0.2, 0.25) is 5.91 Å². The maximum Gasteiger partial charge on any atom is 0.318 e. The number of amides is 1. The fourth-order valence-electron chi connectivity index (χ4n) is 1.27. The molecule has 0 saturated heterocycles. The van der Waals surface area contributed by atoms with E-state index < -0.39 is 17.3 Å². The Morgan fingerprint density at radius 2 is 1.81 bits per heavy atom. The van der Waals surface area contributed by atoms with Crippen LogP contribution < -0.4 is 0 Å². The largest absolute Gasteiger partial charge is 0.480 e. The van der Waals surface area contributed by atoms with Gasteiger partial charge in [0.1, 0.15) is 5.41 Å². The summed E-state index contributed by atoms with van der Waals surface area (Å²) < 4.78 is 0. The standard InChI is InChI=1S/C11H21NO4/c1-4-5-6-12(7-8-13)9(14)11(2,3)10(15)16/h13H,4-8H2,1-3H3,(H,15,16). The molecule has 0 rings (SSSR count). The summed E-state index contributed by atoms with van der Waals surface area (Å²) in [5.41, 5.74) is -1.43. The van der Waals surface area contributed by atoms with Gasteiger partial charge in [-0.2, -0.15) is 0 Å². The summed E-state index contributed by atoms with van der Waals surface area (Å²) >= 11 is 0. The molecular formula is C11H21NO4. The Kier molecular flexibility index (Phi) is 6.03. The van der Waals surface area contributed by atoms with E-state index in [9.17, 15) is 9.59 Å². The Morgan fingerprint density at radius 3 is 2.19 bits per heavy atom. The zero-order chi connectivity index (χ0) is 12.8. The SMILES string of the molecule is CCCCN(CCO)C(=O)C(C)(C)C(=O)O. The van der Waals surface area contributed by atoms with Crippen LogP contribution in [0.3, 0.4) is 0 Å². The highest BCUT2D eigenvalue weighted by Gasteiger charge is 2.38. The van der Waals surface area contributed by atoms with Crippen LogP contribution in [0.15, 0.2) is 0 Å². The van der Waals surface area contributed by atoms with Gasteiger partial charge in [0.05, 0.1) is 6.61 Å². The minimum Gasteiger partial charge on any atom is -0.480 e. The predicted octanol–water partition coefficient (Wildman–Crippen LogP) is 0.718. The molecule has 0 fully saturated rings. The molecule has 0 aliphatic rings. The zero-order valence-corrected chi connectivity index (χ0v) is 10.2. The molecule has 2 N–H and O–H groups in total. The smallest absolute Gasteiger partial charge is 0.318 e. The van der Waals surface area contributed by atoms with Crippen molar-refractivity contribution in [1.82, 2.24) is 4.90 Å². The van der Waals surface area contributed by atoms with E-state index in [0.29, 0.717) is 6.54 Å². The number of hydrogen-bond donors (Lipinski definition) is 2. The minimum atomic E-state index is -1.43. The van der Waals surface area contributed by atoms with Crippen LogP contribution in [0.5, 0.6) is 0 Å². The van der Waals surface area contributed by atoms with E-state index in [1.165, 1.54) is 18.7 Å². The second kappa shape index (κ2) is 6.48. The van der Waals surface area contributed by atoms with Gasteiger partial charge in [0.15, 0.2) is 0 Å². The summed E-state index contributed by atoms with van der Waals surface area (Å²) in [5, 5.41) is 17.8. The van der Waals surface area contributed by atoms with E-state index in [-0.39, 0.29) is 13.2 Å². The molecule has 0 saturated carbocycles. The lowest BCUT2D eigenvalue weighted by Crippen LogP contribution is -2.46. The molecule has 5 nitrogen and oxygen atoms in total. The van der Waals surface area contributed by atoms with Crippen molar-refractivity contribution >= 4 is 11.9 Å². The topological polar surface area (TPSA) is 77.8 Å². The maximum absolute atomic E-state index is 11.9. The van der Waals surface area contributed by atoms with Gasteiger partial charge >= 0.3 is 5.97 Å². The van der Waals surface area contributed by atoms with E-state index in [4.69, 9.17) is 10.2 Å². The number of nitrogens with zero attached hydrogens (tertiary/aromatic N) is 1. The minimum absolute atomic E-state index is 0.148. The highest BCUT2D eigenvalue weighted by molar-refractivity contribution is 6.00. The van der Waals surface area contributed by atoms with Gasteiger partial charge in [-0.15, -0.1) is 0 Å². The third-order valence-corrected chi connectivity index (χ3v) is 2.51. The maximum atomic E-state index is 11.9. The van der Waals surface area contributed by atoms with Gasteiger partial charge in [0.25, 0.3) is 0 Å². The molecule has 0 aromatic rings. The van der Waals surface area contributed by atoms with E-state index in [0.717, 1.165) is 12.8 Å². The van der Waals surface area contributed by atoms with Crippen LogP contribution in [-0.2, 0) is 9.59 Å². The van der Waals surface area contributed by atoms with E-state index >= 15 is 0 Å². The van der Waals surface area contributed by atoms with Crippen LogP contribution in [0.1, 0.15) is 33.6 Å². The van der Waals surface area contributed by atoms with Gasteiger partial charge in [-0.1, -0.05) is 13.3 Å². The molecule has 0 aliphatic carbocycles. The lowest BCUT2D eigenvalue weighted by Gasteiger charge is -2.28. The first-order valence-electron chi connectivity index (χ1n) is 5.51. The highest BCUT2D eigenvalue weighted by Crippen LogP contribution is 2.19. The summed E-state index contributed by atoms with van der Waals surface area (Å²) in [7, 11) is 0. The van der Waals surface area contributed by atoms with E-state index in [1.54, 1.807) is 0 Å². The second-order valence-electron chi connectivity index (χ2n) is 4.30. The van der Waals surface area contributed by atoms with Crippen molar-refractivity contribution in [3.8, 4) is 0 Å². The second-order valence-corrected chi connectivity index (χ2v) is 4.30. The molecule has 0 aromatic heterocycles. The number of carbonyl (C=O) groups excluding carboxylic acids is 1. The number of aliphatic carboxylic acids is 1. The van der Waals surface area contributed by atoms with Gasteiger partial charge in [-0.05, 0) is 20.3 Å². The molecular weight excluding hydrogens is 210 g/mol. The Labute approximate surface area is 96.1 Å². The Morgan fingerprint density at radius 1 is 1.25 bits per heavy atom. The number of carboxylic acids is 1. The number of carbonyl (C=O) groups is 2. The number of aliphatic hydroxyl groups is 1. The number of unbranched alkanes of at least 4 members (excludes halogenated alkanes) is 1. The van der Waals surface area contributed by atoms with E-state index in [1.807, 2.05) is 6.92 Å². The molecule has 5 heteroatoms. The third kappa shape index (κ3) is 3.81. The van der Waals surface area contributed by atoms with Gasteiger partial charge in [-0.3, -0.25) is 9.59 Å². The monoisotopic (exact) mass is 231 g/mol. The van der Waals surface area contributed by atoms with Crippen molar-refractivity contribution < 1.29 is 19.8 Å². The van der Waals surface area contributed by atoms with Crippen LogP contribution in [-0.4, -0.2) is 46.7 Å².